The van der Waals surface area contributed by atoms with E-state index in [4.69, 9.17) is 17.0 Å². The van der Waals surface area contributed by atoms with Gasteiger partial charge in [0.1, 0.15) is 5.75 Å². The van der Waals surface area contributed by atoms with Crippen LogP contribution in [-0.4, -0.2) is 29.4 Å². The van der Waals surface area contributed by atoms with E-state index >= 15 is 0 Å². The number of carbonyl (C=O) groups excluding carboxylic acids is 3. The van der Waals surface area contributed by atoms with Gasteiger partial charge >= 0.3 is 0 Å². The van der Waals surface area contributed by atoms with Crippen LogP contribution in [0, 0.1) is 13.8 Å². The summed E-state index contributed by atoms with van der Waals surface area (Å²) in [4.78, 5) is 36.0. The van der Waals surface area contributed by atoms with E-state index in [0.717, 1.165) is 27.6 Å². The third-order valence-electron chi connectivity index (χ3n) is 4.70. The van der Waals surface area contributed by atoms with Crippen LogP contribution in [0.3, 0.4) is 0 Å². The zero-order valence-electron chi connectivity index (χ0n) is 18.7. The Morgan fingerprint density at radius 3 is 2.33 bits per heavy atom. The summed E-state index contributed by atoms with van der Waals surface area (Å²) in [5, 5.41) is 5.07. The van der Waals surface area contributed by atoms with Crippen LogP contribution in [0.25, 0.3) is 0 Å². The van der Waals surface area contributed by atoms with Crippen molar-refractivity contribution in [2.24, 2.45) is 0 Å². The van der Waals surface area contributed by atoms with Crippen molar-refractivity contribution in [2.75, 3.05) is 11.9 Å². The summed E-state index contributed by atoms with van der Waals surface area (Å²) in [6.45, 7) is 5.74. The summed E-state index contributed by atoms with van der Waals surface area (Å²) in [5.74, 6) is -0.674. The van der Waals surface area contributed by atoms with Gasteiger partial charge in [-0.2, -0.15) is 0 Å². The molecular weight excluding hydrogens is 508 g/mol. The molecule has 0 atom stereocenters. The number of benzene rings is 2. The van der Waals surface area contributed by atoms with Crippen molar-refractivity contribution >= 4 is 56.7 Å². The number of nitrogens with one attached hydrogen (secondary N) is 4. The molecule has 0 fully saturated rings. The van der Waals surface area contributed by atoms with Gasteiger partial charge in [-0.3, -0.25) is 30.6 Å². The van der Waals surface area contributed by atoms with Crippen molar-refractivity contribution in [2.45, 2.75) is 40.0 Å². The first-order valence-corrected chi connectivity index (χ1v) is 11.5. The number of ether oxygens (including phenoxy) is 1. The number of carbonyl (C=O) groups is 3. The second kappa shape index (κ2) is 12.9. The molecule has 0 aromatic heterocycles. The Bertz CT molecular complexity index is 1050. The number of halogens is 1. The van der Waals surface area contributed by atoms with Crippen LogP contribution in [0.1, 0.15) is 36.5 Å². The van der Waals surface area contributed by atoms with Crippen molar-refractivity contribution in [3.8, 4) is 5.75 Å². The Hall–Kier alpha value is -2.98. The van der Waals surface area contributed by atoms with Crippen LogP contribution in [0.2, 0.25) is 0 Å². The largest absolute Gasteiger partial charge is 0.483 e. The smallest absolute Gasteiger partial charge is 0.264 e. The van der Waals surface area contributed by atoms with Gasteiger partial charge in [0.2, 0.25) is 11.8 Å². The average molecular weight is 535 g/mol. The third kappa shape index (κ3) is 9.19. The zero-order valence-corrected chi connectivity index (χ0v) is 21.1. The average Bonchev–Trinajstić information content (AvgIpc) is 2.77. The maximum atomic E-state index is 12.0. The first kappa shape index (κ1) is 26.3. The molecule has 0 heterocycles. The van der Waals surface area contributed by atoms with Crippen molar-refractivity contribution in [3.05, 3.63) is 57.6 Å². The molecule has 2 rings (SSSR count). The Labute approximate surface area is 206 Å². The Balaban J connectivity index is 1.65. The Morgan fingerprint density at radius 2 is 1.67 bits per heavy atom. The lowest BCUT2D eigenvalue weighted by Crippen LogP contribution is -2.49. The fraction of sp³-hybridized carbons (Fsp3) is 0.304. The predicted octanol–water partition coefficient (Wildman–Crippen LogP) is 3.45. The SMILES string of the molecule is CCc1ccc(OCC(=O)NC(=S)NNC(=O)CCC(=O)Nc2ccc(C)c(C)c2)c(Br)c1. The third-order valence-corrected chi connectivity index (χ3v) is 5.53. The van der Waals surface area contributed by atoms with E-state index in [-0.39, 0.29) is 30.5 Å². The van der Waals surface area contributed by atoms with E-state index < -0.39 is 11.8 Å². The molecule has 176 valence electrons. The first-order chi connectivity index (χ1) is 15.7. The van der Waals surface area contributed by atoms with Gasteiger partial charge in [0.25, 0.3) is 5.91 Å². The zero-order chi connectivity index (χ0) is 24.4. The van der Waals surface area contributed by atoms with Gasteiger partial charge in [-0.1, -0.05) is 19.1 Å². The van der Waals surface area contributed by atoms with Crippen molar-refractivity contribution < 1.29 is 19.1 Å². The van der Waals surface area contributed by atoms with Gasteiger partial charge < -0.3 is 10.1 Å². The predicted molar refractivity (Wildman–Crippen MR) is 135 cm³/mol. The van der Waals surface area contributed by atoms with E-state index in [1.807, 2.05) is 51.1 Å². The summed E-state index contributed by atoms with van der Waals surface area (Å²) in [6, 6.07) is 11.2. The minimum Gasteiger partial charge on any atom is -0.483 e. The number of aryl methyl sites for hydroxylation is 3. The number of amides is 3. The Morgan fingerprint density at radius 1 is 0.939 bits per heavy atom. The van der Waals surface area contributed by atoms with Crippen LogP contribution in [0.4, 0.5) is 5.69 Å². The number of hydrogen-bond acceptors (Lipinski definition) is 5. The molecule has 0 spiro atoms. The molecule has 0 saturated heterocycles. The van der Waals surface area contributed by atoms with E-state index in [1.54, 1.807) is 6.07 Å². The molecule has 2 aromatic rings. The number of hydrazine groups is 1. The molecule has 0 radical (unpaired) electrons. The van der Waals surface area contributed by atoms with Crippen LogP contribution >= 0.6 is 28.1 Å². The number of thiocarbonyl (C=S) groups is 1. The molecule has 0 unspecified atom stereocenters. The Kier molecular flexibility index (Phi) is 10.3. The minimum absolute atomic E-state index is 0.000896. The van der Waals surface area contributed by atoms with Gasteiger partial charge in [-0.15, -0.1) is 0 Å². The van der Waals surface area contributed by atoms with Crippen LogP contribution < -0.4 is 26.2 Å². The van der Waals surface area contributed by atoms with Gasteiger partial charge in [0.15, 0.2) is 11.7 Å². The highest BCUT2D eigenvalue weighted by molar-refractivity contribution is 9.10. The summed E-state index contributed by atoms with van der Waals surface area (Å²) in [6.07, 6.45) is 0.840. The summed E-state index contributed by atoms with van der Waals surface area (Å²) < 4.78 is 6.23. The second-order valence-corrected chi connectivity index (χ2v) is 8.57. The van der Waals surface area contributed by atoms with E-state index in [1.165, 1.54) is 0 Å². The lowest BCUT2D eigenvalue weighted by Gasteiger charge is -2.12. The fourth-order valence-corrected chi connectivity index (χ4v) is 3.38. The standard InChI is InChI=1S/C23H27BrN4O4S/c1-4-16-6-8-19(18(24)12-16)32-13-22(31)26-23(33)28-27-21(30)10-9-20(29)25-17-7-5-14(2)15(3)11-17/h5-8,11-12H,4,9-10,13H2,1-3H3,(H,25,29)(H,27,30)(H2,26,28,31,33). The lowest BCUT2D eigenvalue weighted by molar-refractivity contribution is -0.125. The van der Waals surface area contributed by atoms with Crippen molar-refractivity contribution in [1.29, 1.82) is 0 Å². The summed E-state index contributed by atoms with van der Waals surface area (Å²) >= 11 is 8.39. The number of rotatable bonds is 8. The van der Waals surface area contributed by atoms with Crippen LogP contribution in [0.15, 0.2) is 40.9 Å². The molecule has 33 heavy (non-hydrogen) atoms. The van der Waals surface area contributed by atoms with Gasteiger partial charge in [0, 0.05) is 18.5 Å². The highest BCUT2D eigenvalue weighted by atomic mass is 79.9. The number of anilines is 1. The topological polar surface area (TPSA) is 109 Å². The molecule has 2 aromatic carbocycles. The van der Waals surface area contributed by atoms with E-state index in [2.05, 4.69) is 37.4 Å². The summed E-state index contributed by atoms with van der Waals surface area (Å²) in [5.41, 5.74) is 8.80. The van der Waals surface area contributed by atoms with Gasteiger partial charge in [-0.05, 0) is 89.4 Å². The molecule has 3 amide bonds. The number of hydrogen-bond donors (Lipinski definition) is 4. The lowest BCUT2D eigenvalue weighted by atomic mass is 10.1. The molecule has 10 heteroatoms. The molecule has 0 aliphatic carbocycles. The molecule has 0 aliphatic heterocycles. The summed E-state index contributed by atoms with van der Waals surface area (Å²) in [7, 11) is 0. The quantitative estimate of drug-likeness (QED) is 0.305. The fourth-order valence-electron chi connectivity index (χ4n) is 2.68. The normalized spacial score (nSPS) is 10.2. The highest BCUT2D eigenvalue weighted by Gasteiger charge is 2.11. The maximum absolute atomic E-state index is 12.0. The van der Waals surface area contributed by atoms with Gasteiger partial charge in [-0.25, -0.2) is 0 Å². The van der Waals surface area contributed by atoms with Gasteiger partial charge in [0.05, 0.1) is 4.47 Å². The van der Waals surface area contributed by atoms with Crippen LogP contribution in [0.5, 0.6) is 5.75 Å². The molecular formula is C23H27BrN4O4S. The minimum atomic E-state index is -0.485. The van der Waals surface area contributed by atoms with E-state index in [9.17, 15) is 14.4 Å². The monoisotopic (exact) mass is 534 g/mol. The maximum Gasteiger partial charge on any atom is 0.264 e. The molecule has 0 aliphatic rings. The molecule has 4 N–H and O–H groups in total. The second-order valence-electron chi connectivity index (χ2n) is 7.30. The van der Waals surface area contributed by atoms with E-state index in [0.29, 0.717) is 11.4 Å². The van der Waals surface area contributed by atoms with Crippen LogP contribution in [-0.2, 0) is 20.8 Å². The molecule has 0 saturated carbocycles. The first-order valence-electron chi connectivity index (χ1n) is 10.3. The highest BCUT2D eigenvalue weighted by Crippen LogP contribution is 2.26. The molecule has 8 nitrogen and oxygen atoms in total. The van der Waals surface area contributed by atoms with Crippen molar-refractivity contribution in [3.63, 3.8) is 0 Å². The van der Waals surface area contributed by atoms with Crippen molar-refractivity contribution in [1.82, 2.24) is 16.2 Å². The molecule has 0 bridgehead atoms.